The minimum atomic E-state index is -3.71. The van der Waals surface area contributed by atoms with Gasteiger partial charge in [0.2, 0.25) is 10.0 Å². The Kier molecular flexibility index (Phi) is 4.33. The molecule has 1 heterocycles. The smallest absolute Gasteiger partial charge is 0.241 e. The van der Waals surface area contributed by atoms with Gasteiger partial charge in [-0.1, -0.05) is 12.1 Å². The maximum Gasteiger partial charge on any atom is 0.241 e. The SMILES string of the molecule is CC(O)(CNS(=O)(=O)c1ccccc1Br)c1ccco1. The van der Waals surface area contributed by atoms with Crippen LogP contribution in [0.3, 0.4) is 0 Å². The van der Waals surface area contributed by atoms with Gasteiger partial charge < -0.3 is 9.52 Å². The average Bonchev–Trinajstić information content (AvgIpc) is 2.92. The van der Waals surface area contributed by atoms with Gasteiger partial charge in [-0.15, -0.1) is 0 Å². The summed E-state index contributed by atoms with van der Waals surface area (Å²) in [6.07, 6.45) is 1.42. The van der Waals surface area contributed by atoms with Crippen LogP contribution >= 0.6 is 15.9 Å². The largest absolute Gasteiger partial charge is 0.466 e. The van der Waals surface area contributed by atoms with E-state index in [9.17, 15) is 13.5 Å². The Morgan fingerprint density at radius 1 is 1.30 bits per heavy atom. The highest BCUT2D eigenvalue weighted by Gasteiger charge is 2.29. The molecule has 5 nitrogen and oxygen atoms in total. The third kappa shape index (κ3) is 3.29. The Morgan fingerprint density at radius 2 is 2.00 bits per heavy atom. The van der Waals surface area contributed by atoms with Gasteiger partial charge in [0.05, 0.1) is 11.2 Å². The molecule has 0 aliphatic heterocycles. The molecule has 1 unspecified atom stereocenters. The lowest BCUT2D eigenvalue weighted by Crippen LogP contribution is -2.38. The van der Waals surface area contributed by atoms with E-state index in [1.54, 1.807) is 30.3 Å². The summed E-state index contributed by atoms with van der Waals surface area (Å²) in [7, 11) is -3.71. The zero-order valence-corrected chi connectivity index (χ0v) is 13.1. The lowest BCUT2D eigenvalue weighted by atomic mass is 10.1. The molecule has 0 fully saturated rings. The summed E-state index contributed by atoms with van der Waals surface area (Å²) >= 11 is 3.19. The molecule has 2 N–H and O–H groups in total. The van der Waals surface area contributed by atoms with E-state index in [0.29, 0.717) is 10.2 Å². The minimum Gasteiger partial charge on any atom is -0.466 e. The number of halogens is 1. The highest BCUT2D eigenvalue weighted by atomic mass is 79.9. The van der Waals surface area contributed by atoms with Gasteiger partial charge in [0.1, 0.15) is 11.4 Å². The highest BCUT2D eigenvalue weighted by Crippen LogP contribution is 2.23. The monoisotopic (exact) mass is 359 g/mol. The lowest BCUT2D eigenvalue weighted by Gasteiger charge is -2.21. The van der Waals surface area contributed by atoms with Crippen molar-refractivity contribution in [2.75, 3.05) is 6.54 Å². The van der Waals surface area contributed by atoms with Crippen LogP contribution in [0.2, 0.25) is 0 Å². The third-order valence-electron chi connectivity index (χ3n) is 2.78. The van der Waals surface area contributed by atoms with Gasteiger partial charge in [0, 0.05) is 11.0 Å². The van der Waals surface area contributed by atoms with Crippen molar-refractivity contribution >= 4 is 26.0 Å². The van der Waals surface area contributed by atoms with Crippen molar-refractivity contribution in [3.63, 3.8) is 0 Å². The third-order valence-corrected chi connectivity index (χ3v) is 5.20. The fourth-order valence-electron chi connectivity index (χ4n) is 1.65. The van der Waals surface area contributed by atoms with Crippen LogP contribution in [-0.4, -0.2) is 20.1 Å². The number of hydrogen-bond acceptors (Lipinski definition) is 4. The Labute approximate surface area is 125 Å². The van der Waals surface area contributed by atoms with Crippen molar-refractivity contribution in [1.29, 1.82) is 0 Å². The van der Waals surface area contributed by atoms with E-state index in [-0.39, 0.29) is 11.4 Å². The molecule has 0 saturated carbocycles. The van der Waals surface area contributed by atoms with E-state index >= 15 is 0 Å². The van der Waals surface area contributed by atoms with E-state index in [1.165, 1.54) is 19.3 Å². The number of aliphatic hydroxyl groups is 1. The van der Waals surface area contributed by atoms with Crippen LogP contribution in [0.25, 0.3) is 0 Å². The first-order valence-corrected chi connectivity index (χ1v) is 8.11. The molecular formula is C13H14BrNO4S. The van der Waals surface area contributed by atoms with E-state index in [0.717, 1.165) is 0 Å². The normalized spacial score (nSPS) is 14.9. The molecule has 0 radical (unpaired) electrons. The number of rotatable bonds is 5. The molecule has 2 aromatic rings. The minimum absolute atomic E-state index is 0.121. The Morgan fingerprint density at radius 3 is 2.60 bits per heavy atom. The number of nitrogens with one attached hydrogen (secondary N) is 1. The van der Waals surface area contributed by atoms with Gasteiger partial charge in [0.15, 0.2) is 0 Å². The summed E-state index contributed by atoms with van der Waals surface area (Å²) in [4.78, 5) is 0.121. The summed E-state index contributed by atoms with van der Waals surface area (Å²) in [5.41, 5.74) is -1.42. The fraction of sp³-hybridized carbons (Fsp3) is 0.231. The van der Waals surface area contributed by atoms with Gasteiger partial charge in [-0.05, 0) is 47.1 Å². The molecule has 0 bridgehead atoms. The van der Waals surface area contributed by atoms with Crippen LogP contribution in [0, 0.1) is 0 Å². The van der Waals surface area contributed by atoms with E-state index < -0.39 is 15.6 Å². The molecule has 0 saturated heterocycles. The van der Waals surface area contributed by atoms with E-state index in [1.807, 2.05) is 0 Å². The zero-order valence-electron chi connectivity index (χ0n) is 10.7. The van der Waals surface area contributed by atoms with Crippen LogP contribution in [-0.2, 0) is 15.6 Å². The second-order valence-electron chi connectivity index (χ2n) is 4.51. The van der Waals surface area contributed by atoms with Crippen LogP contribution in [0.5, 0.6) is 0 Å². The van der Waals surface area contributed by atoms with Gasteiger partial charge in [-0.3, -0.25) is 0 Å². The molecule has 0 aliphatic carbocycles. The topological polar surface area (TPSA) is 79.5 Å². The van der Waals surface area contributed by atoms with Crippen molar-refractivity contribution in [2.45, 2.75) is 17.4 Å². The molecule has 2 rings (SSSR count). The van der Waals surface area contributed by atoms with Crippen molar-refractivity contribution in [1.82, 2.24) is 4.72 Å². The first-order valence-electron chi connectivity index (χ1n) is 5.83. The van der Waals surface area contributed by atoms with Crippen LogP contribution in [0.4, 0.5) is 0 Å². The quantitative estimate of drug-likeness (QED) is 0.857. The summed E-state index contributed by atoms with van der Waals surface area (Å²) in [5.74, 6) is 0.298. The average molecular weight is 360 g/mol. The standard InChI is InChI=1S/C13H14BrNO4S/c1-13(16,12-7-4-8-19-12)9-15-20(17,18)11-6-3-2-5-10(11)14/h2-8,15-16H,9H2,1H3. The molecule has 20 heavy (non-hydrogen) atoms. The van der Waals surface area contributed by atoms with Crippen LogP contribution in [0.15, 0.2) is 56.4 Å². The lowest BCUT2D eigenvalue weighted by molar-refractivity contribution is 0.0395. The first kappa shape index (κ1) is 15.2. The Hall–Kier alpha value is -1.15. The Balaban J connectivity index is 2.17. The van der Waals surface area contributed by atoms with Gasteiger partial charge in [-0.25, -0.2) is 13.1 Å². The van der Waals surface area contributed by atoms with Crippen LogP contribution < -0.4 is 4.72 Å². The highest BCUT2D eigenvalue weighted by molar-refractivity contribution is 9.10. The predicted octanol–water partition coefficient (Wildman–Crippen LogP) is 2.23. The number of benzene rings is 1. The van der Waals surface area contributed by atoms with Gasteiger partial charge >= 0.3 is 0 Å². The van der Waals surface area contributed by atoms with Crippen molar-refractivity contribution in [3.8, 4) is 0 Å². The molecule has 0 aliphatic rings. The number of hydrogen-bond donors (Lipinski definition) is 2. The second-order valence-corrected chi connectivity index (χ2v) is 7.10. The zero-order chi connectivity index (χ0) is 14.8. The molecule has 0 amide bonds. The molecule has 1 aromatic heterocycles. The molecular weight excluding hydrogens is 346 g/mol. The summed E-state index contributed by atoms with van der Waals surface area (Å²) in [5, 5.41) is 10.2. The second kappa shape index (κ2) is 5.69. The summed E-state index contributed by atoms with van der Waals surface area (Å²) in [6.45, 7) is 1.29. The number of sulfonamides is 1. The predicted molar refractivity (Wildman–Crippen MR) is 77.6 cm³/mol. The fourth-order valence-corrected chi connectivity index (χ4v) is 3.78. The van der Waals surface area contributed by atoms with Crippen molar-refractivity contribution in [3.05, 3.63) is 52.9 Å². The summed E-state index contributed by atoms with van der Waals surface area (Å²) in [6, 6.07) is 9.69. The molecule has 0 spiro atoms. The molecule has 108 valence electrons. The van der Waals surface area contributed by atoms with E-state index in [4.69, 9.17) is 4.42 Å². The first-order chi connectivity index (χ1) is 9.33. The maximum atomic E-state index is 12.2. The van der Waals surface area contributed by atoms with Crippen molar-refractivity contribution < 1.29 is 17.9 Å². The summed E-state index contributed by atoms with van der Waals surface area (Å²) < 4.78 is 32.3. The van der Waals surface area contributed by atoms with Gasteiger partial charge in [0.25, 0.3) is 0 Å². The maximum absolute atomic E-state index is 12.2. The molecule has 1 aromatic carbocycles. The molecule has 1 atom stereocenters. The molecule has 7 heteroatoms. The Bertz CT molecular complexity index is 680. The van der Waals surface area contributed by atoms with Gasteiger partial charge in [-0.2, -0.15) is 0 Å². The van der Waals surface area contributed by atoms with Crippen LogP contribution in [0.1, 0.15) is 12.7 Å². The number of furan rings is 1. The van der Waals surface area contributed by atoms with E-state index in [2.05, 4.69) is 20.7 Å². The van der Waals surface area contributed by atoms with Crippen molar-refractivity contribution in [2.24, 2.45) is 0 Å².